The molecular formula is C26H29GeHf. The van der Waals surface area contributed by atoms with Gasteiger partial charge in [-0.25, -0.2) is 0 Å². The summed E-state index contributed by atoms with van der Waals surface area (Å²) < 4.78 is 6.60. The molecule has 0 saturated heterocycles. The Morgan fingerprint density at radius 3 is 1.29 bits per heavy atom. The first-order chi connectivity index (χ1) is 13.5. The Bertz CT molecular complexity index is 913. The summed E-state index contributed by atoms with van der Waals surface area (Å²) >= 11 is -4.24. The van der Waals surface area contributed by atoms with Crippen molar-refractivity contribution in [3.63, 3.8) is 0 Å². The second kappa shape index (κ2) is 7.42. The summed E-state index contributed by atoms with van der Waals surface area (Å²) in [7, 11) is -2.41. The summed E-state index contributed by atoms with van der Waals surface area (Å²) in [5.74, 6) is 8.01. The SMILES string of the molecule is [CH3][Ge]([CH3])([CH3])[Hf]([C]1=CC=CC1)([c]1ccccc1)([c]1ccccc1)[c]1ccccc1. The van der Waals surface area contributed by atoms with Crippen LogP contribution in [-0.4, -0.2) is 9.55 Å². The Balaban J connectivity index is 2.32. The molecule has 0 bridgehead atoms. The number of benzene rings is 3. The maximum atomic E-state index is 2.67. The van der Waals surface area contributed by atoms with Gasteiger partial charge < -0.3 is 0 Å². The molecule has 28 heavy (non-hydrogen) atoms. The zero-order chi connectivity index (χ0) is 19.7. The summed E-state index contributed by atoms with van der Waals surface area (Å²) in [6.45, 7) is 0. The molecule has 1 aliphatic rings. The van der Waals surface area contributed by atoms with Crippen molar-refractivity contribution in [1.29, 1.82) is 0 Å². The maximum absolute atomic E-state index is 4.24. The zero-order valence-corrected chi connectivity index (χ0v) is 22.8. The third-order valence-electron chi connectivity index (χ3n) is 6.97. The van der Waals surface area contributed by atoms with Gasteiger partial charge in [0.15, 0.2) is 0 Å². The Morgan fingerprint density at radius 1 is 0.607 bits per heavy atom. The number of allylic oxidation sites excluding steroid dienone is 4. The summed E-state index contributed by atoms with van der Waals surface area (Å²) in [4.78, 5) is 0. The first-order valence-corrected chi connectivity index (χ1v) is 34.1. The fourth-order valence-electron chi connectivity index (χ4n) is 5.97. The second-order valence-electron chi connectivity index (χ2n) is 8.92. The van der Waals surface area contributed by atoms with Crippen molar-refractivity contribution in [2.45, 2.75) is 23.7 Å². The molecule has 1 aliphatic carbocycles. The van der Waals surface area contributed by atoms with Gasteiger partial charge >= 0.3 is 172 Å². The van der Waals surface area contributed by atoms with E-state index in [0.717, 1.165) is 6.42 Å². The first-order valence-electron chi connectivity index (χ1n) is 10.2. The minimum absolute atomic E-state index is 1.09. The topological polar surface area (TPSA) is 0 Å². The molecule has 0 unspecified atom stereocenters. The molecule has 0 fully saturated rings. The Kier molecular flexibility index (Phi) is 5.26. The minimum atomic E-state index is -4.24. The van der Waals surface area contributed by atoms with E-state index in [2.05, 4.69) is 126 Å². The second-order valence-corrected chi connectivity index (χ2v) is 81.1. The quantitative estimate of drug-likeness (QED) is 0.352. The van der Waals surface area contributed by atoms with E-state index in [0.29, 0.717) is 0 Å². The third-order valence-corrected chi connectivity index (χ3v) is 112. The molecule has 0 radical (unpaired) electrons. The molecule has 3 aromatic carbocycles. The molecule has 0 amide bonds. The molecule has 0 nitrogen and oxygen atoms in total. The fraction of sp³-hybridized carbons (Fsp3) is 0.154. The van der Waals surface area contributed by atoms with Crippen LogP contribution in [0.4, 0.5) is 0 Å². The van der Waals surface area contributed by atoms with Crippen LogP contribution >= 0.6 is 0 Å². The van der Waals surface area contributed by atoms with Gasteiger partial charge in [0.05, 0.1) is 0 Å². The van der Waals surface area contributed by atoms with Crippen molar-refractivity contribution < 1.29 is 16.0 Å². The predicted octanol–water partition coefficient (Wildman–Crippen LogP) is 5.33. The fourth-order valence-corrected chi connectivity index (χ4v) is 112. The zero-order valence-electron chi connectivity index (χ0n) is 17.1. The van der Waals surface area contributed by atoms with Crippen molar-refractivity contribution in [2.24, 2.45) is 0 Å². The molecular weight excluding hydrogens is 563 g/mol. The van der Waals surface area contributed by atoms with Crippen LogP contribution in [0.2, 0.25) is 17.3 Å². The average Bonchev–Trinajstić information content (AvgIpc) is 3.26. The van der Waals surface area contributed by atoms with Crippen LogP contribution < -0.4 is 9.96 Å². The van der Waals surface area contributed by atoms with E-state index in [1.54, 1.807) is 13.3 Å². The number of hydrogen-bond donors (Lipinski definition) is 0. The van der Waals surface area contributed by atoms with E-state index in [1.807, 2.05) is 0 Å². The van der Waals surface area contributed by atoms with Gasteiger partial charge in [-0.2, -0.15) is 0 Å². The molecule has 0 atom stereocenters. The van der Waals surface area contributed by atoms with E-state index in [9.17, 15) is 0 Å². The van der Waals surface area contributed by atoms with Crippen molar-refractivity contribution >= 4 is 19.5 Å². The van der Waals surface area contributed by atoms with Crippen molar-refractivity contribution in [3.05, 3.63) is 113 Å². The number of hydrogen-bond acceptors (Lipinski definition) is 0. The third kappa shape index (κ3) is 2.52. The van der Waals surface area contributed by atoms with Gasteiger partial charge in [0.2, 0.25) is 0 Å². The van der Waals surface area contributed by atoms with Crippen LogP contribution in [-0.2, 0) is 16.0 Å². The van der Waals surface area contributed by atoms with E-state index < -0.39 is 25.6 Å². The molecule has 0 aliphatic heterocycles. The Hall–Kier alpha value is -1.45. The van der Waals surface area contributed by atoms with Gasteiger partial charge in [-0.05, 0) is 0 Å². The molecule has 141 valence electrons. The van der Waals surface area contributed by atoms with E-state index in [-0.39, 0.29) is 0 Å². The normalized spacial score (nSPS) is 15.7. The summed E-state index contributed by atoms with van der Waals surface area (Å²) in [5.41, 5.74) is 0. The van der Waals surface area contributed by atoms with Crippen LogP contribution in [0.3, 0.4) is 0 Å². The van der Waals surface area contributed by atoms with Gasteiger partial charge in [0.25, 0.3) is 0 Å². The Morgan fingerprint density at radius 2 is 1.00 bits per heavy atom. The van der Waals surface area contributed by atoms with E-state index in [1.165, 1.54) is 0 Å². The predicted molar refractivity (Wildman–Crippen MR) is 123 cm³/mol. The van der Waals surface area contributed by atoms with Gasteiger partial charge in [-0.1, -0.05) is 0 Å². The van der Waals surface area contributed by atoms with Crippen LogP contribution in [0.25, 0.3) is 0 Å². The van der Waals surface area contributed by atoms with Crippen LogP contribution in [0.1, 0.15) is 6.42 Å². The summed E-state index contributed by atoms with van der Waals surface area (Å²) in [6.07, 6.45) is 8.25. The van der Waals surface area contributed by atoms with E-state index in [4.69, 9.17) is 0 Å². The van der Waals surface area contributed by atoms with Crippen molar-refractivity contribution in [2.75, 3.05) is 0 Å². The average molecular weight is 593 g/mol. The monoisotopic (exact) mass is 595 g/mol. The van der Waals surface area contributed by atoms with E-state index >= 15 is 0 Å². The number of rotatable bonds is 5. The van der Waals surface area contributed by atoms with Crippen LogP contribution in [0, 0.1) is 0 Å². The van der Waals surface area contributed by atoms with Gasteiger partial charge in [-0.15, -0.1) is 0 Å². The first kappa shape index (κ1) is 19.9. The molecule has 3 aromatic rings. The van der Waals surface area contributed by atoms with Crippen molar-refractivity contribution in [1.82, 2.24) is 0 Å². The molecule has 0 aromatic heterocycles. The molecule has 0 heterocycles. The van der Waals surface area contributed by atoms with Gasteiger partial charge in [0, 0.05) is 0 Å². The molecule has 0 N–H and O–H groups in total. The molecule has 4 rings (SSSR count). The summed E-state index contributed by atoms with van der Waals surface area (Å²) in [6, 6.07) is 34.8. The van der Waals surface area contributed by atoms with Gasteiger partial charge in [-0.3, -0.25) is 0 Å². The standard InChI is InChI=1S/3C6H5.C5H5.C3H9Ge.Hf/c3*1-2-4-6-5-3-1;1-2-4-5-3-1;1-4(2)3;/h3*1-5H;1-3H,4H2;1-3H3;. The van der Waals surface area contributed by atoms with Gasteiger partial charge in [0.1, 0.15) is 0 Å². The van der Waals surface area contributed by atoms with Crippen LogP contribution in [0.15, 0.2) is 113 Å². The van der Waals surface area contributed by atoms with Crippen LogP contribution in [0.5, 0.6) is 0 Å². The summed E-state index contributed by atoms with van der Waals surface area (Å²) in [5, 5.41) is 0. The van der Waals surface area contributed by atoms with Crippen molar-refractivity contribution in [3.8, 4) is 0 Å². The molecule has 2 heteroatoms. The molecule has 0 saturated carbocycles. The Labute approximate surface area is 170 Å². The molecule has 0 spiro atoms.